The third kappa shape index (κ3) is 3.38. The summed E-state index contributed by atoms with van der Waals surface area (Å²) in [6.07, 6.45) is 2.00. The van der Waals surface area contributed by atoms with Crippen LogP contribution < -0.4 is 16.4 Å². The maximum Gasteiger partial charge on any atom is 0.224 e. The Kier molecular flexibility index (Phi) is 4.04. The number of aryl methyl sites for hydroxylation is 1. The lowest BCUT2D eigenvalue weighted by atomic mass is 10.2. The summed E-state index contributed by atoms with van der Waals surface area (Å²) < 4.78 is 0. The first kappa shape index (κ1) is 12.2. The average Bonchev–Trinajstić information content (AvgIpc) is 2.20. The lowest BCUT2D eigenvalue weighted by molar-refractivity contribution is -0.118. The average molecular weight is 223 g/mol. The molecule has 6 heteroatoms. The van der Waals surface area contributed by atoms with Crippen molar-refractivity contribution < 1.29 is 4.79 Å². The Morgan fingerprint density at radius 3 is 2.88 bits per heavy atom. The van der Waals surface area contributed by atoms with Crippen molar-refractivity contribution in [2.24, 2.45) is 5.73 Å². The Balaban J connectivity index is 2.75. The van der Waals surface area contributed by atoms with Crippen molar-refractivity contribution in [2.75, 3.05) is 17.7 Å². The molecule has 0 aromatic carbocycles. The Morgan fingerprint density at radius 2 is 2.31 bits per heavy atom. The molecule has 0 fully saturated rings. The summed E-state index contributed by atoms with van der Waals surface area (Å²) in [6.45, 7) is 3.78. The Hall–Kier alpha value is -1.85. The third-order valence-corrected chi connectivity index (χ3v) is 2.09. The van der Waals surface area contributed by atoms with Gasteiger partial charge in [-0.2, -0.15) is 4.98 Å². The zero-order chi connectivity index (χ0) is 12.1. The Bertz CT molecular complexity index is 379. The van der Waals surface area contributed by atoms with Crippen molar-refractivity contribution in [1.29, 1.82) is 0 Å². The van der Waals surface area contributed by atoms with E-state index >= 15 is 0 Å². The van der Waals surface area contributed by atoms with Crippen LogP contribution in [0.1, 0.15) is 18.9 Å². The molecule has 1 unspecified atom stereocenters. The topological polar surface area (TPSA) is 92.9 Å². The maximum absolute atomic E-state index is 10.7. The monoisotopic (exact) mass is 223 g/mol. The summed E-state index contributed by atoms with van der Waals surface area (Å²) in [5, 5.41) is 5.98. The number of nitrogens with two attached hydrogens (primary N) is 1. The van der Waals surface area contributed by atoms with Crippen molar-refractivity contribution in [3.8, 4) is 0 Å². The highest BCUT2D eigenvalue weighted by Gasteiger charge is 2.09. The standard InChI is InChI=1S/C10H17N5O/c1-6-5-13-10(12-3)15-9(6)14-7(2)4-8(11)16/h5,7H,4H2,1-3H3,(H2,11,16)(H2,12,13,14,15). The van der Waals surface area contributed by atoms with Gasteiger partial charge in [-0.25, -0.2) is 4.98 Å². The SMILES string of the molecule is CNc1ncc(C)c(NC(C)CC(N)=O)n1. The first-order valence-electron chi connectivity index (χ1n) is 5.09. The van der Waals surface area contributed by atoms with Crippen molar-refractivity contribution in [1.82, 2.24) is 9.97 Å². The first-order chi connectivity index (χ1) is 7.52. The number of hydrogen-bond acceptors (Lipinski definition) is 5. The first-order valence-corrected chi connectivity index (χ1v) is 5.09. The number of aromatic nitrogens is 2. The number of rotatable bonds is 5. The molecule has 1 rings (SSSR count). The molecule has 0 aliphatic rings. The summed E-state index contributed by atoms with van der Waals surface area (Å²) >= 11 is 0. The minimum absolute atomic E-state index is 0.0455. The predicted octanol–water partition coefficient (Wildman–Crippen LogP) is 0.503. The van der Waals surface area contributed by atoms with Crippen LogP contribution in [0.3, 0.4) is 0 Å². The zero-order valence-electron chi connectivity index (χ0n) is 9.74. The fourth-order valence-electron chi connectivity index (χ4n) is 1.29. The minimum atomic E-state index is -0.333. The van der Waals surface area contributed by atoms with E-state index in [-0.39, 0.29) is 18.4 Å². The van der Waals surface area contributed by atoms with E-state index in [2.05, 4.69) is 20.6 Å². The summed E-state index contributed by atoms with van der Waals surface area (Å²) in [7, 11) is 1.75. The molecule has 1 amide bonds. The van der Waals surface area contributed by atoms with E-state index in [1.165, 1.54) is 0 Å². The van der Waals surface area contributed by atoms with E-state index in [0.717, 1.165) is 5.56 Å². The third-order valence-electron chi connectivity index (χ3n) is 2.09. The van der Waals surface area contributed by atoms with Crippen molar-refractivity contribution >= 4 is 17.7 Å². The molecule has 4 N–H and O–H groups in total. The predicted molar refractivity (Wildman–Crippen MR) is 63.2 cm³/mol. The highest BCUT2D eigenvalue weighted by atomic mass is 16.1. The number of anilines is 2. The number of nitrogens with zero attached hydrogens (tertiary/aromatic N) is 2. The molecule has 0 saturated carbocycles. The Labute approximate surface area is 94.7 Å². The van der Waals surface area contributed by atoms with Crippen molar-refractivity contribution in [3.63, 3.8) is 0 Å². The van der Waals surface area contributed by atoms with Crippen molar-refractivity contribution in [2.45, 2.75) is 26.3 Å². The molecule has 0 saturated heterocycles. The van der Waals surface area contributed by atoms with E-state index < -0.39 is 0 Å². The fourth-order valence-corrected chi connectivity index (χ4v) is 1.29. The molecule has 0 spiro atoms. The highest BCUT2D eigenvalue weighted by molar-refractivity contribution is 5.74. The molecule has 16 heavy (non-hydrogen) atoms. The summed E-state index contributed by atoms with van der Waals surface area (Å²) in [5.74, 6) is 0.924. The summed E-state index contributed by atoms with van der Waals surface area (Å²) in [5.41, 5.74) is 6.04. The Morgan fingerprint density at radius 1 is 1.62 bits per heavy atom. The smallest absolute Gasteiger partial charge is 0.224 e. The largest absolute Gasteiger partial charge is 0.370 e. The van der Waals surface area contributed by atoms with Crippen LogP contribution in [0, 0.1) is 6.92 Å². The molecular weight excluding hydrogens is 206 g/mol. The normalized spacial score (nSPS) is 11.9. The molecule has 88 valence electrons. The number of amides is 1. The number of hydrogen-bond donors (Lipinski definition) is 3. The van der Waals surface area contributed by atoms with Gasteiger partial charge in [-0.3, -0.25) is 4.79 Å². The van der Waals surface area contributed by atoms with Gasteiger partial charge in [-0.15, -0.1) is 0 Å². The van der Waals surface area contributed by atoms with Crippen molar-refractivity contribution in [3.05, 3.63) is 11.8 Å². The fraction of sp³-hybridized carbons (Fsp3) is 0.500. The van der Waals surface area contributed by atoms with Gasteiger partial charge in [0.1, 0.15) is 5.82 Å². The quantitative estimate of drug-likeness (QED) is 0.676. The van der Waals surface area contributed by atoms with Gasteiger partial charge in [0.25, 0.3) is 0 Å². The van der Waals surface area contributed by atoms with Gasteiger partial charge in [0.2, 0.25) is 11.9 Å². The molecule has 6 nitrogen and oxygen atoms in total. The molecule has 0 aliphatic heterocycles. The second-order valence-corrected chi connectivity index (χ2v) is 3.69. The molecular formula is C10H17N5O. The van der Waals surface area contributed by atoms with Gasteiger partial charge < -0.3 is 16.4 Å². The zero-order valence-corrected chi connectivity index (χ0v) is 9.74. The maximum atomic E-state index is 10.7. The van der Waals surface area contributed by atoms with E-state index in [4.69, 9.17) is 5.73 Å². The van der Waals surface area contributed by atoms with E-state index in [1.807, 2.05) is 13.8 Å². The summed E-state index contributed by atoms with van der Waals surface area (Å²) in [4.78, 5) is 19.1. The van der Waals surface area contributed by atoms with Crippen LogP contribution in [0.2, 0.25) is 0 Å². The molecule has 1 aromatic rings. The second kappa shape index (κ2) is 5.29. The number of nitrogens with one attached hydrogen (secondary N) is 2. The minimum Gasteiger partial charge on any atom is -0.370 e. The lowest BCUT2D eigenvalue weighted by Crippen LogP contribution is -2.25. The molecule has 1 aromatic heterocycles. The lowest BCUT2D eigenvalue weighted by Gasteiger charge is -2.14. The van der Waals surface area contributed by atoms with Gasteiger partial charge in [0, 0.05) is 31.3 Å². The van der Waals surface area contributed by atoms with Gasteiger partial charge in [-0.1, -0.05) is 0 Å². The second-order valence-electron chi connectivity index (χ2n) is 3.69. The highest BCUT2D eigenvalue weighted by Crippen LogP contribution is 2.13. The van der Waals surface area contributed by atoms with Gasteiger partial charge in [0.15, 0.2) is 0 Å². The van der Waals surface area contributed by atoms with E-state index in [0.29, 0.717) is 11.8 Å². The van der Waals surface area contributed by atoms with E-state index in [9.17, 15) is 4.79 Å². The van der Waals surface area contributed by atoms with Crippen LogP contribution in [-0.4, -0.2) is 29.0 Å². The number of carbonyl (C=O) groups excluding carboxylic acids is 1. The van der Waals surface area contributed by atoms with Crippen LogP contribution >= 0.6 is 0 Å². The van der Waals surface area contributed by atoms with Crippen LogP contribution in [0.5, 0.6) is 0 Å². The van der Waals surface area contributed by atoms with E-state index in [1.54, 1.807) is 13.2 Å². The van der Waals surface area contributed by atoms with Gasteiger partial charge >= 0.3 is 0 Å². The van der Waals surface area contributed by atoms with Crippen LogP contribution in [0.4, 0.5) is 11.8 Å². The van der Waals surface area contributed by atoms with Crippen LogP contribution in [0.25, 0.3) is 0 Å². The van der Waals surface area contributed by atoms with Gasteiger partial charge in [0.05, 0.1) is 0 Å². The van der Waals surface area contributed by atoms with Crippen LogP contribution in [-0.2, 0) is 4.79 Å². The molecule has 0 aliphatic carbocycles. The number of primary amides is 1. The molecule has 1 atom stereocenters. The van der Waals surface area contributed by atoms with Gasteiger partial charge in [-0.05, 0) is 13.8 Å². The molecule has 0 radical (unpaired) electrons. The molecule has 0 bridgehead atoms. The summed E-state index contributed by atoms with van der Waals surface area (Å²) in [6, 6.07) is -0.0455. The van der Waals surface area contributed by atoms with Crippen LogP contribution in [0.15, 0.2) is 6.20 Å². The molecule has 1 heterocycles. The number of carbonyl (C=O) groups is 1.